The minimum Gasteiger partial charge on any atom is -0.325 e. The van der Waals surface area contributed by atoms with Crippen molar-refractivity contribution in [2.75, 3.05) is 18.4 Å². The lowest BCUT2D eigenvalue weighted by Crippen LogP contribution is -2.43. The van der Waals surface area contributed by atoms with Gasteiger partial charge in [-0.05, 0) is 49.2 Å². The summed E-state index contributed by atoms with van der Waals surface area (Å²) in [6.45, 7) is 0.236. The molecule has 1 atom stereocenters. The van der Waals surface area contributed by atoms with Crippen LogP contribution in [0, 0.1) is 5.92 Å². The predicted octanol–water partition coefficient (Wildman–Crippen LogP) is 5.92. The van der Waals surface area contributed by atoms with E-state index in [4.69, 9.17) is 34.8 Å². The fraction of sp³-hybridized carbons (Fsp3) is 0.200. The number of nitrogens with zero attached hydrogens (tertiary/aromatic N) is 1. The Morgan fingerprint density at radius 3 is 2.34 bits per heavy atom. The highest BCUT2D eigenvalue weighted by atomic mass is 35.5. The van der Waals surface area contributed by atoms with Gasteiger partial charge < -0.3 is 5.32 Å². The molecule has 0 unspecified atom stereocenters. The Bertz CT molecular complexity index is 1380. The van der Waals surface area contributed by atoms with Gasteiger partial charge in [0.05, 0.1) is 16.6 Å². The average Bonchev–Trinajstić information content (AvgIpc) is 2.86. The number of carbonyl (C=O) groups excluding carboxylic acids is 2. The van der Waals surface area contributed by atoms with Crippen LogP contribution in [0.15, 0.2) is 71.6 Å². The molecule has 3 aromatic carbocycles. The van der Waals surface area contributed by atoms with E-state index in [-0.39, 0.29) is 45.3 Å². The molecule has 35 heavy (non-hydrogen) atoms. The minimum atomic E-state index is -3.95. The summed E-state index contributed by atoms with van der Waals surface area (Å²) in [5.74, 6) is -1.29. The van der Waals surface area contributed by atoms with Crippen LogP contribution >= 0.6 is 34.8 Å². The maximum atomic E-state index is 13.2. The van der Waals surface area contributed by atoms with Gasteiger partial charge in [-0.25, -0.2) is 8.42 Å². The highest BCUT2D eigenvalue weighted by Gasteiger charge is 2.35. The second-order valence-electron chi connectivity index (χ2n) is 8.15. The molecule has 182 valence electrons. The van der Waals surface area contributed by atoms with Crippen LogP contribution in [-0.2, 0) is 14.8 Å². The normalized spacial score (nSPS) is 16.6. The first-order valence-electron chi connectivity index (χ1n) is 10.8. The largest absolute Gasteiger partial charge is 0.325 e. The van der Waals surface area contributed by atoms with E-state index >= 15 is 0 Å². The number of sulfonamides is 1. The van der Waals surface area contributed by atoms with Crippen molar-refractivity contribution in [2.45, 2.75) is 17.7 Å². The van der Waals surface area contributed by atoms with Crippen molar-refractivity contribution in [1.82, 2.24) is 4.31 Å². The quantitative estimate of drug-likeness (QED) is 0.386. The van der Waals surface area contributed by atoms with Crippen LogP contribution in [0.1, 0.15) is 28.8 Å². The first-order valence-corrected chi connectivity index (χ1v) is 13.4. The Kier molecular flexibility index (Phi) is 7.83. The van der Waals surface area contributed by atoms with Crippen LogP contribution in [0.25, 0.3) is 0 Å². The van der Waals surface area contributed by atoms with E-state index in [1.54, 1.807) is 42.5 Å². The second kappa shape index (κ2) is 10.7. The van der Waals surface area contributed by atoms with Gasteiger partial charge in [0, 0.05) is 34.3 Å². The van der Waals surface area contributed by atoms with E-state index in [9.17, 15) is 18.0 Å². The van der Waals surface area contributed by atoms with Gasteiger partial charge in [0.1, 0.15) is 4.90 Å². The van der Waals surface area contributed by atoms with E-state index in [1.165, 1.54) is 28.6 Å². The molecule has 1 N–H and O–H groups in total. The van der Waals surface area contributed by atoms with Gasteiger partial charge in [0.25, 0.3) is 0 Å². The third kappa shape index (κ3) is 5.71. The number of anilines is 1. The molecule has 0 aliphatic carbocycles. The Morgan fingerprint density at radius 2 is 1.60 bits per heavy atom. The Morgan fingerprint density at radius 1 is 0.914 bits per heavy atom. The van der Waals surface area contributed by atoms with Crippen molar-refractivity contribution in [3.8, 4) is 0 Å². The molecular formula is C25H21Cl3N2O4S. The Hall–Kier alpha value is -2.42. The number of benzene rings is 3. The van der Waals surface area contributed by atoms with Crippen molar-refractivity contribution in [3.05, 3.63) is 92.9 Å². The van der Waals surface area contributed by atoms with Crippen LogP contribution in [0.3, 0.4) is 0 Å². The lowest BCUT2D eigenvalue weighted by molar-refractivity contribution is -0.120. The highest BCUT2D eigenvalue weighted by molar-refractivity contribution is 7.89. The minimum absolute atomic E-state index is 0.0213. The summed E-state index contributed by atoms with van der Waals surface area (Å²) in [7, 11) is -3.95. The van der Waals surface area contributed by atoms with Gasteiger partial charge in [-0.3, -0.25) is 9.59 Å². The van der Waals surface area contributed by atoms with Gasteiger partial charge >= 0.3 is 0 Å². The number of amides is 1. The van der Waals surface area contributed by atoms with Crippen LogP contribution in [0.4, 0.5) is 5.69 Å². The van der Waals surface area contributed by atoms with Gasteiger partial charge in [-0.2, -0.15) is 4.31 Å². The number of ketones is 1. The molecule has 1 amide bonds. The van der Waals surface area contributed by atoms with Gasteiger partial charge in [0.15, 0.2) is 5.78 Å². The van der Waals surface area contributed by atoms with E-state index in [0.717, 1.165) is 0 Å². The van der Waals surface area contributed by atoms with E-state index in [1.807, 2.05) is 0 Å². The van der Waals surface area contributed by atoms with Crippen LogP contribution in [0.5, 0.6) is 0 Å². The lowest BCUT2D eigenvalue weighted by atomic mass is 9.97. The van der Waals surface area contributed by atoms with E-state index in [0.29, 0.717) is 29.1 Å². The standard InChI is InChI=1S/C25H21Cl3N2O4S/c26-18-9-11-22(20(13-18)24(31)16-5-2-1-3-6-16)29-25(32)17-7-4-12-30(15-17)35(33,34)23-14-19(27)8-10-21(23)28/h1-3,5-6,8-11,13-14,17H,4,7,12,15H2,(H,29,32)/t17-/m0/s1. The van der Waals surface area contributed by atoms with E-state index in [2.05, 4.69) is 5.32 Å². The number of nitrogens with one attached hydrogen (secondary N) is 1. The molecule has 0 aromatic heterocycles. The smallest absolute Gasteiger partial charge is 0.244 e. The monoisotopic (exact) mass is 550 g/mol. The lowest BCUT2D eigenvalue weighted by Gasteiger charge is -2.31. The molecule has 4 rings (SSSR count). The van der Waals surface area contributed by atoms with Crippen molar-refractivity contribution >= 4 is 62.2 Å². The second-order valence-corrected chi connectivity index (χ2v) is 11.3. The van der Waals surface area contributed by atoms with Crippen molar-refractivity contribution < 1.29 is 18.0 Å². The van der Waals surface area contributed by atoms with Gasteiger partial charge in [0.2, 0.25) is 15.9 Å². The summed E-state index contributed by atoms with van der Waals surface area (Å²) >= 11 is 18.2. The number of rotatable bonds is 6. The third-order valence-electron chi connectivity index (χ3n) is 5.79. The third-order valence-corrected chi connectivity index (χ3v) is 8.60. The molecule has 3 aromatic rings. The average molecular weight is 552 g/mol. The topological polar surface area (TPSA) is 83.6 Å². The van der Waals surface area contributed by atoms with Gasteiger partial charge in [-0.15, -0.1) is 0 Å². The molecule has 1 aliphatic rings. The van der Waals surface area contributed by atoms with E-state index < -0.39 is 15.9 Å². The number of hydrogen-bond acceptors (Lipinski definition) is 4. The molecule has 6 nitrogen and oxygen atoms in total. The summed E-state index contributed by atoms with van der Waals surface area (Å²) < 4.78 is 27.7. The number of carbonyl (C=O) groups is 2. The van der Waals surface area contributed by atoms with Crippen LogP contribution < -0.4 is 5.32 Å². The predicted molar refractivity (Wildman–Crippen MR) is 138 cm³/mol. The summed E-state index contributed by atoms with van der Waals surface area (Å²) in [6.07, 6.45) is 0.989. The number of halogens is 3. The highest BCUT2D eigenvalue weighted by Crippen LogP contribution is 2.31. The first kappa shape index (κ1) is 25.7. The fourth-order valence-corrected chi connectivity index (χ4v) is 6.41. The molecule has 1 heterocycles. The molecule has 0 radical (unpaired) electrons. The van der Waals surface area contributed by atoms with Crippen LogP contribution in [0.2, 0.25) is 15.1 Å². The molecule has 0 saturated carbocycles. The molecule has 0 spiro atoms. The zero-order chi connectivity index (χ0) is 25.2. The Labute approximate surface area is 218 Å². The number of piperidine rings is 1. The van der Waals surface area contributed by atoms with Crippen LogP contribution in [-0.4, -0.2) is 37.5 Å². The summed E-state index contributed by atoms with van der Waals surface area (Å²) in [5, 5.41) is 3.47. The summed E-state index contributed by atoms with van der Waals surface area (Å²) in [6, 6.07) is 17.6. The molecular weight excluding hydrogens is 531 g/mol. The maximum Gasteiger partial charge on any atom is 0.244 e. The molecule has 1 saturated heterocycles. The first-order chi connectivity index (χ1) is 16.7. The molecule has 0 bridgehead atoms. The Balaban J connectivity index is 1.55. The van der Waals surface area contributed by atoms with Crippen molar-refractivity contribution in [3.63, 3.8) is 0 Å². The zero-order valence-electron chi connectivity index (χ0n) is 18.4. The SMILES string of the molecule is O=C(c1ccccc1)c1cc(Cl)ccc1NC(=O)[C@H]1CCCN(S(=O)(=O)c2cc(Cl)ccc2Cl)C1. The molecule has 1 aliphatic heterocycles. The van der Waals surface area contributed by atoms with Crippen molar-refractivity contribution in [2.24, 2.45) is 5.92 Å². The molecule has 10 heteroatoms. The van der Waals surface area contributed by atoms with Crippen molar-refractivity contribution in [1.29, 1.82) is 0 Å². The summed E-state index contributed by atoms with van der Waals surface area (Å²) in [5.41, 5.74) is 1.02. The fourth-order valence-electron chi connectivity index (χ4n) is 3.98. The maximum absolute atomic E-state index is 13.2. The number of hydrogen-bond donors (Lipinski definition) is 1. The summed E-state index contributed by atoms with van der Waals surface area (Å²) in [4.78, 5) is 26.1. The zero-order valence-corrected chi connectivity index (χ0v) is 21.5. The molecule has 1 fully saturated rings. The van der Waals surface area contributed by atoms with Gasteiger partial charge in [-0.1, -0.05) is 65.1 Å².